The van der Waals surface area contributed by atoms with E-state index in [9.17, 15) is 9.59 Å². The van der Waals surface area contributed by atoms with Gasteiger partial charge < -0.3 is 13.9 Å². The van der Waals surface area contributed by atoms with E-state index in [-0.39, 0.29) is 36.6 Å². The number of hydrogen-bond donors (Lipinski definition) is 0. The molecule has 0 unspecified atom stereocenters. The Kier molecular flexibility index (Phi) is 9.08. The molecule has 1 saturated heterocycles. The second-order valence-electron chi connectivity index (χ2n) is 9.99. The van der Waals surface area contributed by atoms with Crippen molar-refractivity contribution in [3.8, 4) is 11.8 Å². The first-order valence-electron chi connectivity index (χ1n) is 11.2. The van der Waals surface area contributed by atoms with E-state index in [2.05, 4.69) is 45.7 Å². The smallest absolute Gasteiger partial charge is 0.417 e. The van der Waals surface area contributed by atoms with E-state index in [1.807, 2.05) is 44.2 Å². The number of imide groups is 1. The standard InChI is InChI=1S/C25H37NO5Si/c1-19(2)21-18-30-24(28)26(21)23(27)22(29-17-20-13-9-8-10-14-20)15-11-12-16-31-32(6,7)25(3,4)5/h8-10,13-14,19,21-22H,15-18H2,1-7H3/t21-,22-/m1/s1. The molecule has 1 aliphatic heterocycles. The molecule has 1 aliphatic rings. The Hall–Kier alpha value is -2.14. The van der Waals surface area contributed by atoms with Gasteiger partial charge in [-0.15, -0.1) is 0 Å². The number of cyclic esters (lactones) is 1. The summed E-state index contributed by atoms with van der Waals surface area (Å²) in [7, 11) is -1.89. The number of hydrogen-bond acceptors (Lipinski definition) is 5. The Morgan fingerprint density at radius 3 is 2.47 bits per heavy atom. The molecule has 1 fully saturated rings. The van der Waals surface area contributed by atoms with Gasteiger partial charge in [0.05, 0.1) is 19.3 Å². The molecule has 0 N–H and O–H groups in total. The molecule has 0 radical (unpaired) electrons. The summed E-state index contributed by atoms with van der Waals surface area (Å²) in [5.74, 6) is 5.75. The Balaban J connectivity index is 2.09. The van der Waals surface area contributed by atoms with Gasteiger partial charge in [-0.2, -0.15) is 0 Å². The number of rotatable bonds is 8. The minimum atomic E-state index is -1.89. The highest BCUT2D eigenvalue weighted by molar-refractivity contribution is 6.74. The second kappa shape index (κ2) is 11.1. The predicted molar refractivity (Wildman–Crippen MR) is 127 cm³/mol. The molecule has 1 aromatic carbocycles. The van der Waals surface area contributed by atoms with Crippen LogP contribution in [0.15, 0.2) is 30.3 Å². The summed E-state index contributed by atoms with van der Waals surface area (Å²) < 4.78 is 17.2. The van der Waals surface area contributed by atoms with Crippen LogP contribution in [0.1, 0.15) is 46.6 Å². The Labute approximate surface area is 193 Å². The van der Waals surface area contributed by atoms with Crippen LogP contribution in [-0.2, 0) is 25.3 Å². The van der Waals surface area contributed by atoms with Crippen molar-refractivity contribution in [1.82, 2.24) is 4.90 Å². The largest absolute Gasteiger partial charge is 0.447 e. The van der Waals surface area contributed by atoms with Crippen molar-refractivity contribution in [2.24, 2.45) is 5.92 Å². The minimum absolute atomic E-state index is 0.0873. The molecular weight excluding hydrogens is 422 g/mol. The van der Waals surface area contributed by atoms with Crippen LogP contribution in [0.4, 0.5) is 4.79 Å². The topological polar surface area (TPSA) is 65.1 Å². The van der Waals surface area contributed by atoms with Crippen LogP contribution < -0.4 is 0 Å². The average molecular weight is 460 g/mol. The number of benzene rings is 1. The number of amides is 2. The maximum Gasteiger partial charge on any atom is 0.417 e. The molecule has 1 aromatic rings. The maximum absolute atomic E-state index is 13.3. The van der Waals surface area contributed by atoms with Crippen LogP contribution in [0.3, 0.4) is 0 Å². The lowest BCUT2D eigenvalue weighted by atomic mass is 10.0. The van der Waals surface area contributed by atoms with E-state index in [0.717, 1.165) is 5.56 Å². The van der Waals surface area contributed by atoms with Gasteiger partial charge in [0.25, 0.3) is 5.91 Å². The van der Waals surface area contributed by atoms with E-state index >= 15 is 0 Å². The molecule has 2 atom stereocenters. The summed E-state index contributed by atoms with van der Waals surface area (Å²) in [5.41, 5.74) is 0.948. The summed E-state index contributed by atoms with van der Waals surface area (Å²) in [6.07, 6.45) is -1.29. The lowest BCUT2D eigenvalue weighted by Gasteiger charge is -2.35. The van der Waals surface area contributed by atoms with Crippen molar-refractivity contribution in [1.29, 1.82) is 0 Å². The molecule has 0 bridgehead atoms. The zero-order chi connectivity index (χ0) is 23.9. The molecule has 0 aromatic heterocycles. The highest BCUT2D eigenvalue weighted by atomic mass is 28.4. The lowest BCUT2D eigenvalue weighted by molar-refractivity contribution is -0.142. The molecule has 2 rings (SSSR count). The zero-order valence-corrected chi connectivity index (χ0v) is 21.4. The van der Waals surface area contributed by atoms with Crippen molar-refractivity contribution in [2.75, 3.05) is 13.2 Å². The second-order valence-corrected chi connectivity index (χ2v) is 14.8. The molecule has 6 nitrogen and oxygen atoms in total. The number of ether oxygens (including phenoxy) is 2. The summed E-state index contributed by atoms with van der Waals surface area (Å²) in [6, 6.07) is 9.32. The summed E-state index contributed by atoms with van der Waals surface area (Å²) in [6.45, 7) is 15.6. The first-order chi connectivity index (χ1) is 14.9. The van der Waals surface area contributed by atoms with Gasteiger partial charge >= 0.3 is 6.09 Å². The van der Waals surface area contributed by atoms with Crippen molar-refractivity contribution in [3.05, 3.63) is 35.9 Å². The van der Waals surface area contributed by atoms with Crippen LogP contribution in [0.25, 0.3) is 0 Å². The van der Waals surface area contributed by atoms with Crippen molar-refractivity contribution >= 4 is 20.3 Å². The van der Waals surface area contributed by atoms with Gasteiger partial charge in [0, 0.05) is 6.42 Å². The van der Waals surface area contributed by atoms with Gasteiger partial charge in [0.1, 0.15) is 12.7 Å². The molecule has 0 saturated carbocycles. The van der Waals surface area contributed by atoms with Crippen LogP contribution in [0.5, 0.6) is 0 Å². The normalized spacial score (nSPS) is 17.7. The fourth-order valence-corrected chi connectivity index (χ4v) is 3.84. The molecule has 32 heavy (non-hydrogen) atoms. The van der Waals surface area contributed by atoms with Crippen molar-refractivity contribution in [3.63, 3.8) is 0 Å². The quantitative estimate of drug-likeness (QED) is 0.405. The first-order valence-corrected chi connectivity index (χ1v) is 14.1. The van der Waals surface area contributed by atoms with E-state index in [1.54, 1.807) is 0 Å². The summed E-state index contributed by atoms with van der Waals surface area (Å²) >= 11 is 0. The molecule has 1 heterocycles. The average Bonchev–Trinajstić information content (AvgIpc) is 3.11. The molecular formula is C25H37NO5Si. The van der Waals surface area contributed by atoms with Gasteiger partial charge in [-0.25, -0.2) is 9.69 Å². The van der Waals surface area contributed by atoms with E-state index in [0.29, 0.717) is 6.61 Å². The fraction of sp³-hybridized carbons (Fsp3) is 0.600. The fourth-order valence-electron chi connectivity index (χ4n) is 2.97. The lowest BCUT2D eigenvalue weighted by Crippen LogP contribution is -2.47. The molecule has 0 spiro atoms. The van der Waals surface area contributed by atoms with Gasteiger partial charge in [0.15, 0.2) is 8.32 Å². The van der Waals surface area contributed by atoms with E-state index in [1.165, 1.54) is 4.90 Å². The van der Waals surface area contributed by atoms with E-state index in [4.69, 9.17) is 13.9 Å². The number of carbonyl (C=O) groups is 2. The SMILES string of the molecule is CC(C)[C@H]1COC(=O)N1C(=O)[C@@H](CC#CCO[Si](C)(C)C(C)(C)C)OCc1ccccc1. The third-order valence-electron chi connectivity index (χ3n) is 6.21. The molecule has 2 amide bonds. The highest BCUT2D eigenvalue weighted by Crippen LogP contribution is 2.36. The monoisotopic (exact) mass is 459 g/mol. The van der Waals surface area contributed by atoms with Crippen LogP contribution >= 0.6 is 0 Å². The van der Waals surface area contributed by atoms with Gasteiger partial charge in [-0.3, -0.25) is 4.79 Å². The maximum atomic E-state index is 13.3. The third-order valence-corrected chi connectivity index (χ3v) is 10.7. The van der Waals surface area contributed by atoms with Crippen LogP contribution in [-0.4, -0.2) is 50.6 Å². The Morgan fingerprint density at radius 2 is 1.88 bits per heavy atom. The Morgan fingerprint density at radius 1 is 1.22 bits per heavy atom. The van der Waals surface area contributed by atoms with Crippen molar-refractivity contribution in [2.45, 2.75) is 77.9 Å². The molecule has 176 valence electrons. The number of carbonyl (C=O) groups excluding carboxylic acids is 2. The third kappa shape index (κ3) is 6.93. The van der Waals surface area contributed by atoms with Crippen LogP contribution in [0, 0.1) is 17.8 Å². The Bertz CT molecular complexity index is 835. The summed E-state index contributed by atoms with van der Waals surface area (Å²) in [5, 5.41) is 0.105. The minimum Gasteiger partial charge on any atom is -0.447 e. The molecule has 0 aliphatic carbocycles. The highest BCUT2D eigenvalue weighted by Gasteiger charge is 2.42. The molecule has 7 heteroatoms. The zero-order valence-electron chi connectivity index (χ0n) is 20.4. The van der Waals surface area contributed by atoms with Gasteiger partial charge in [-0.1, -0.05) is 76.8 Å². The summed E-state index contributed by atoms with van der Waals surface area (Å²) in [4.78, 5) is 26.7. The van der Waals surface area contributed by atoms with Gasteiger partial charge in [0.2, 0.25) is 0 Å². The van der Waals surface area contributed by atoms with Crippen LogP contribution in [0.2, 0.25) is 18.1 Å². The van der Waals surface area contributed by atoms with Gasteiger partial charge in [-0.05, 0) is 29.6 Å². The number of nitrogens with zero attached hydrogens (tertiary/aromatic N) is 1. The first kappa shape index (κ1) is 26.1. The predicted octanol–water partition coefficient (Wildman–Crippen LogP) is 4.99. The van der Waals surface area contributed by atoms with E-state index < -0.39 is 26.4 Å². The van der Waals surface area contributed by atoms with Crippen molar-refractivity contribution < 1.29 is 23.5 Å².